The Morgan fingerprint density at radius 1 is 1.11 bits per heavy atom. The van der Waals surface area contributed by atoms with Gasteiger partial charge in [0, 0.05) is 10.6 Å². The minimum atomic E-state index is 0.601. The first kappa shape index (κ1) is 11.7. The molecule has 0 spiro atoms. The number of H-pyrrole nitrogens is 1. The molecule has 0 radical (unpaired) electrons. The van der Waals surface area contributed by atoms with Crippen molar-refractivity contribution in [1.29, 1.82) is 0 Å². The molecule has 1 heterocycles. The van der Waals surface area contributed by atoms with Crippen LogP contribution in [0.4, 0.5) is 5.95 Å². The summed E-state index contributed by atoms with van der Waals surface area (Å²) < 4.78 is 0. The Bertz CT molecular complexity index is 700. The van der Waals surface area contributed by atoms with E-state index in [0.29, 0.717) is 11.0 Å². The molecule has 1 aromatic heterocycles. The summed E-state index contributed by atoms with van der Waals surface area (Å²) in [5.74, 6) is 0.601. The van der Waals surface area contributed by atoms with Gasteiger partial charge in [-0.2, -0.15) is 5.10 Å². The Morgan fingerprint density at radius 3 is 2.74 bits per heavy atom. The molecule has 0 fully saturated rings. The Morgan fingerprint density at radius 2 is 1.89 bits per heavy atom. The number of aromatic nitrogens is 2. The van der Waals surface area contributed by atoms with Crippen molar-refractivity contribution in [1.82, 2.24) is 9.97 Å². The van der Waals surface area contributed by atoms with Crippen LogP contribution in [0.1, 0.15) is 5.56 Å². The van der Waals surface area contributed by atoms with E-state index in [2.05, 4.69) is 20.5 Å². The van der Waals surface area contributed by atoms with Crippen LogP contribution in [0.25, 0.3) is 11.0 Å². The van der Waals surface area contributed by atoms with Crippen molar-refractivity contribution in [3.63, 3.8) is 0 Å². The van der Waals surface area contributed by atoms with Crippen molar-refractivity contribution >= 4 is 34.8 Å². The fourth-order valence-corrected chi connectivity index (χ4v) is 1.93. The maximum absolute atomic E-state index is 6.03. The van der Waals surface area contributed by atoms with Crippen LogP contribution in [0.5, 0.6) is 0 Å². The number of benzene rings is 2. The van der Waals surface area contributed by atoms with Gasteiger partial charge in [-0.15, -0.1) is 0 Å². The first-order valence-electron chi connectivity index (χ1n) is 5.81. The molecular weight excluding hydrogens is 260 g/mol. The molecule has 94 valence electrons. The lowest BCUT2D eigenvalue weighted by Gasteiger charge is -1.96. The topological polar surface area (TPSA) is 53.1 Å². The Balaban J connectivity index is 1.77. The number of hydrazone groups is 1. The van der Waals surface area contributed by atoms with Crippen LogP contribution >= 0.6 is 11.6 Å². The summed E-state index contributed by atoms with van der Waals surface area (Å²) in [5.41, 5.74) is 5.58. The van der Waals surface area contributed by atoms with Crippen molar-refractivity contribution in [3.8, 4) is 0 Å². The normalized spacial score (nSPS) is 11.2. The quantitative estimate of drug-likeness (QED) is 0.564. The van der Waals surface area contributed by atoms with Gasteiger partial charge in [-0.3, -0.25) is 0 Å². The molecule has 19 heavy (non-hydrogen) atoms. The molecule has 0 saturated carbocycles. The number of halogens is 1. The molecule has 3 rings (SSSR count). The molecule has 0 bridgehead atoms. The lowest BCUT2D eigenvalue weighted by atomic mass is 10.2. The van der Waals surface area contributed by atoms with Crippen LogP contribution in [-0.4, -0.2) is 16.2 Å². The summed E-state index contributed by atoms with van der Waals surface area (Å²) in [6.07, 6.45) is 1.66. The van der Waals surface area contributed by atoms with E-state index >= 15 is 0 Å². The minimum Gasteiger partial charge on any atom is -0.323 e. The number of fused-ring (bicyclic) bond motifs is 1. The van der Waals surface area contributed by atoms with Gasteiger partial charge in [0.15, 0.2) is 0 Å². The number of anilines is 1. The second-order valence-corrected chi connectivity index (χ2v) is 4.40. The third-order valence-electron chi connectivity index (χ3n) is 2.67. The van der Waals surface area contributed by atoms with Gasteiger partial charge in [-0.25, -0.2) is 10.4 Å². The molecule has 3 aromatic rings. The number of imidazole rings is 1. The number of hydrogen-bond acceptors (Lipinski definition) is 3. The monoisotopic (exact) mass is 270 g/mol. The highest BCUT2D eigenvalue weighted by molar-refractivity contribution is 6.33. The predicted molar refractivity (Wildman–Crippen MR) is 78.8 cm³/mol. The van der Waals surface area contributed by atoms with E-state index < -0.39 is 0 Å². The van der Waals surface area contributed by atoms with Gasteiger partial charge >= 0.3 is 0 Å². The maximum atomic E-state index is 6.03. The van der Waals surface area contributed by atoms with Gasteiger partial charge in [0.25, 0.3) is 0 Å². The second-order valence-electron chi connectivity index (χ2n) is 3.99. The Labute approximate surface area is 115 Å². The zero-order valence-corrected chi connectivity index (χ0v) is 10.7. The van der Waals surface area contributed by atoms with Crippen molar-refractivity contribution < 1.29 is 0 Å². The third-order valence-corrected chi connectivity index (χ3v) is 3.01. The van der Waals surface area contributed by atoms with E-state index in [0.717, 1.165) is 16.6 Å². The molecule has 0 saturated heterocycles. The molecule has 0 aliphatic rings. The summed E-state index contributed by atoms with van der Waals surface area (Å²) in [4.78, 5) is 7.48. The van der Waals surface area contributed by atoms with Gasteiger partial charge in [0.1, 0.15) is 0 Å². The van der Waals surface area contributed by atoms with Gasteiger partial charge in [0.2, 0.25) is 5.95 Å². The Hall–Kier alpha value is -2.33. The fourth-order valence-electron chi connectivity index (χ4n) is 1.75. The molecule has 0 atom stereocenters. The van der Waals surface area contributed by atoms with E-state index in [9.17, 15) is 0 Å². The SMILES string of the molecule is Clc1ccccc1/C=N/Nc1nc2ccccc2[nH]1. The average molecular weight is 271 g/mol. The van der Waals surface area contributed by atoms with E-state index in [1.54, 1.807) is 6.21 Å². The minimum absolute atomic E-state index is 0.601. The molecule has 0 unspecified atom stereocenters. The fraction of sp³-hybridized carbons (Fsp3) is 0. The highest BCUT2D eigenvalue weighted by atomic mass is 35.5. The molecule has 0 amide bonds. The summed E-state index contributed by atoms with van der Waals surface area (Å²) in [6, 6.07) is 15.3. The second kappa shape index (κ2) is 5.12. The average Bonchev–Trinajstić information content (AvgIpc) is 2.83. The van der Waals surface area contributed by atoms with Crippen LogP contribution < -0.4 is 5.43 Å². The molecule has 5 heteroatoms. The van der Waals surface area contributed by atoms with E-state index in [4.69, 9.17) is 11.6 Å². The Kier molecular flexibility index (Phi) is 3.16. The van der Waals surface area contributed by atoms with Crippen molar-refractivity contribution in [2.75, 3.05) is 5.43 Å². The lowest BCUT2D eigenvalue weighted by Crippen LogP contribution is -1.92. The molecule has 2 aromatic carbocycles. The van der Waals surface area contributed by atoms with Gasteiger partial charge in [-0.05, 0) is 18.2 Å². The lowest BCUT2D eigenvalue weighted by molar-refractivity contribution is 1.21. The number of nitrogens with zero attached hydrogens (tertiary/aromatic N) is 2. The van der Waals surface area contributed by atoms with Crippen LogP contribution in [-0.2, 0) is 0 Å². The van der Waals surface area contributed by atoms with Crippen LogP contribution in [0, 0.1) is 0 Å². The molecule has 0 aliphatic carbocycles. The zero-order chi connectivity index (χ0) is 13.1. The predicted octanol–water partition coefficient (Wildman–Crippen LogP) is 3.66. The maximum Gasteiger partial charge on any atom is 0.222 e. The molecule has 0 aliphatic heterocycles. The van der Waals surface area contributed by atoms with Crippen LogP contribution in [0.3, 0.4) is 0 Å². The summed E-state index contributed by atoms with van der Waals surface area (Å²) in [5, 5.41) is 4.78. The largest absolute Gasteiger partial charge is 0.323 e. The van der Waals surface area contributed by atoms with Gasteiger partial charge in [-0.1, -0.05) is 41.9 Å². The molecular formula is C14H11ClN4. The smallest absolute Gasteiger partial charge is 0.222 e. The number of para-hydroxylation sites is 2. The third kappa shape index (κ3) is 2.58. The standard InChI is InChI=1S/C14H11ClN4/c15-11-6-2-1-5-10(11)9-16-19-14-17-12-7-3-4-8-13(12)18-14/h1-9H,(H2,17,18,19)/b16-9+. The summed E-state index contributed by atoms with van der Waals surface area (Å²) in [6.45, 7) is 0. The van der Waals surface area contributed by atoms with Crippen molar-refractivity contribution in [3.05, 3.63) is 59.1 Å². The highest BCUT2D eigenvalue weighted by Gasteiger charge is 1.99. The van der Waals surface area contributed by atoms with E-state index in [1.807, 2.05) is 48.5 Å². The number of hydrogen-bond donors (Lipinski definition) is 2. The first-order valence-corrected chi connectivity index (χ1v) is 6.19. The highest BCUT2D eigenvalue weighted by Crippen LogP contribution is 2.14. The number of rotatable bonds is 3. The summed E-state index contributed by atoms with van der Waals surface area (Å²) >= 11 is 6.03. The molecule has 4 nitrogen and oxygen atoms in total. The van der Waals surface area contributed by atoms with Crippen molar-refractivity contribution in [2.24, 2.45) is 5.10 Å². The number of aromatic amines is 1. The van der Waals surface area contributed by atoms with E-state index in [1.165, 1.54) is 0 Å². The number of nitrogens with one attached hydrogen (secondary N) is 2. The first-order chi connectivity index (χ1) is 9.33. The molecule has 2 N–H and O–H groups in total. The zero-order valence-electron chi connectivity index (χ0n) is 9.97. The van der Waals surface area contributed by atoms with Crippen molar-refractivity contribution in [2.45, 2.75) is 0 Å². The van der Waals surface area contributed by atoms with Crippen LogP contribution in [0.15, 0.2) is 53.6 Å². The van der Waals surface area contributed by atoms with Gasteiger partial charge in [0.05, 0.1) is 17.2 Å². The van der Waals surface area contributed by atoms with Crippen LogP contribution in [0.2, 0.25) is 5.02 Å². The van der Waals surface area contributed by atoms with Gasteiger partial charge < -0.3 is 4.98 Å². The summed E-state index contributed by atoms with van der Waals surface area (Å²) in [7, 11) is 0. The van der Waals surface area contributed by atoms with E-state index in [-0.39, 0.29) is 0 Å².